The Balaban J connectivity index is 1.99. The van der Waals surface area contributed by atoms with Crippen molar-refractivity contribution >= 4 is 46.4 Å². The number of aromatic amines is 2. The van der Waals surface area contributed by atoms with Crippen LogP contribution in [0.5, 0.6) is 0 Å². The first-order valence-electron chi connectivity index (χ1n) is 10.5. The van der Waals surface area contributed by atoms with Crippen LogP contribution in [0.25, 0.3) is 46.4 Å². The van der Waals surface area contributed by atoms with E-state index in [1.165, 1.54) is 22.2 Å². The van der Waals surface area contributed by atoms with E-state index in [2.05, 4.69) is 87.1 Å². The molecular weight excluding hydrogens is 368 g/mol. The first kappa shape index (κ1) is 18.6. The molecule has 3 aromatic rings. The van der Waals surface area contributed by atoms with Crippen molar-refractivity contribution in [1.29, 1.82) is 0 Å². The Morgan fingerprint density at radius 3 is 1.77 bits per heavy atom. The third-order valence-electron chi connectivity index (χ3n) is 6.37. The summed E-state index contributed by atoms with van der Waals surface area (Å²) in [6.45, 7) is 10.7. The molecule has 0 amide bonds. The van der Waals surface area contributed by atoms with Crippen molar-refractivity contribution in [3.8, 4) is 0 Å². The molecule has 30 heavy (non-hydrogen) atoms. The zero-order valence-electron chi connectivity index (χ0n) is 18.1. The van der Waals surface area contributed by atoms with Crippen molar-refractivity contribution in [2.45, 2.75) is 41.0 Å². The van der Waals surface area contributed by atoms with Crippen LogP contribution in [0.2, 0.25) is 0 Å². The fourth-order valence-electron chi connectivity index (χ4n) is 4.25. The van der Waals surface area contributed by atoms with E-state index in [4.69, 9.17) is 9.97 Å². The molecule has 5 heterocycles. The lowest BCUT2D eigenvalue weighted by molar-refractivity contribution is 1.15. The van der Waals surface area contributed by atoms with Gasteiger partial charge in [0, 0.05) is 27.6 Å². The molecule has 0 saturated carbocycles. The summed E-state index contributed by atoms with van der Waals surface area (Å²) in [6.07, 6.45) is 9.36. The van der Waals surface area contributed by atoms with E-state index in [1.54, 1.807) is 0 Å². The van der Waals surface area contributed by atoms with E-state index in [0.717, 1.165) is 56.9 Å². The average Bonchev–Trinajstić information content (AvgIpc) is 3.56. The van der Waals surface area contributed by atoms with E-state index < -0.39 is 0 Å². The van der Waals surface area contributed by atoms with Gasteiger partial charge in [-0.2, -0.15) is 0 Å². The maximum absolute atomic E-state index is 4.94. The molecule has 150 valence electrons. The van der Waals surface area contributed by atoms with E-state index >= 15 is 0 Å². The largest absolute Gasteiger partial charge is 0.355 e. The van der Waals surface area contributed by atoms with E-state index in [1.807, 2.05) is 0 Å². The van der Waals surface area contributed by atoms with Crippen molar-refractivity contribution in [2.75, 3.05) is 0 Å². The topological polar surface area (TPSA) is 57.4 Å². The van der Waals surface area contributed by atoms with Crippen molar-refractivity contribution in [1.82, 2.24) is 19.9 Å². The molecule has 4 heteroatoms. The SMILES string of the molecule is CCc1cc2[nH]c1c(C)c1nc(c(C)c3nc(c(C)c4ccc([nH]4)c2C)C=C3)C=C1. The van der Waals surface area contributed by atoms with E-state index in [-0.39, 0.29) is 0 Å². The number of nitrogens with one attached hydrogen (secondary N) is 2. The van der Waals surface area contributed by atoms with Gasteiger partial charge in [-0.1, -0.05) is 6.92 Å². The maximum atomic E-state index is 4.94. The molecule has 0 unspecified atom stereocenters. The molecule has 0 aliphatic carbocycles. The Labute approximate surface area is 176 Å². The molecule has 0 fully saturated rings. The van der Waals surface area contributed by atoms with Crippen LogP contribution in [-0.2, 0) is 6.42 Å². The fraction of sp³-hybridized carbons (Fsp3) is 0.231. The van der Waals surface area contributed by atoms with Gasteiger partial charge in [0.25, 0.3) is 0 Å². The van der Waals surface area contributed by atoms with Crippen molar-refractivity contribution in [3.63, 3.8) is 0 Å². The van der Waals surface area contributed by atoms with Crippen LogP contribution in [0.15, 0.2) is 18.2 Å². The summed E-state index contributed by atoms with van der Waals surface area (Å²) in [6, 6.07) is 6.57. The molecule has 0 aromatic carbocycles. The number of nitrogens with zero attached hydrogens (tertiary/aromatic N) is 2. The summed E-state index contributed by atoms with van der Waals surface area (Å²) < 4.78 is 0. The van der Waals surface area contributed by atoms with Gasteiger partial charge < -0.3 is 9.97 Å². The van der Waals surface area contributed by atoms with Gasteiger partial charge in [0.1, 0.15) is 0 Å². The normalized spacial score (nSPS) is 12.7. The summed E-state index contributed by atoms with van der Waals surface area (Å²) in [5.41, 5.74) is 14.4. The minimum Gasteiger partial charge on any atom is -0.355 e. The van der Waals surface area contributed by atoms with Gasteiger partial charge in [0.15, 0.2) is 0 Å². The minimum atomic E-state index is 0.970. The molecule has 0 spiro atoms. The summed E-state index contributed by atoms with van der Waals surface area (Å²) in [5.74, 6) is 0. The smallest absolute Gasteiger partial charge is 0.0688 e. The second-order valence-electron chi connectivity index (χ2n) is 8.15. The van der Waals surface area contributed by atoms with Crippen molar-refractivity contribution in [3.05, 3.63) is 68.8 Å². The van der Waals surface area contributed by atoms with Crippen LogP contribution < -0.4 is 0 Å². The molecule has 4 nitrogen and oxygen atoms in total. The predicted octanol–water partition coefficient (Wildman–Crippen LogP) is 6.45. The second kappa shape index (κ2) is 6.84. The molecule has 3 aromatic heterocycles. The van der Waals surface area contributed by atoms with Crippen LogP contribution in [0, 0.1) is 27.7 Å². The highest BCUT2D eigenvalue weighted by Crippen LogP contribution is 2.27. The number of hydrogen-bond acceptors (Lipinski definition) is 2. The van der Waals surface area contributed by atoms with Crippen LogP contribution in [0.3, 0.4) is 0 Å². The third-order valence-corrected chi connectivity index (χ3v) is 6.37. The molecule has 0 atom stereocenters. The fourth-order valence-corrected chi connectivity index (χ4v) is 4.25. The lowest BCUT2D eigenvalue weighted by Crippen LogP contribution is -1.89. The van der Waals surface area contributed by atoms with Gasteiger partial charge in [-0.25, -0.2) is 9.97 Å². The number of rotatable bonds is 1. The summed E-state index contributed by atoms with van der Waals surface area (Å²) in [7, 11) is 0. The van der Waals surface area contributed by atoms with Crippen LogP contribution in [0.4, 0.5) is 0 Å². The summed E-state index contributed by atoms with van der Waals surface area (Å²) >= 11 is 0. The summed E-state index contributed by atoms with van der Waals surface area (Å²) in [4.78, 5) is 17.1. The van der Waals surface area contributed by atoms with Crippen LogP contribution in [-0.4, -0.2) is 19.9 Å². The highest BCUT2D eigenvalue weighted by molar-refractivity contribution is 5.83. The van der Waals surface area contributed by atoms with E-state index in [9.17, 15) is 0 Å². The average molecular weight is 395 g/mol. The van der Waals surface area contributed by atoms with E-state index in [0.29, 0.717) is 0 Å². The molecule has 2 aliphatic rings. The summed E-state index contributed by atoms with van der Waals surface area (Å²) in [5, 5.41) is 0. The number of fused-ring (bicyclic) bond motifs is 8. The van der Waals surface area contributed by atoms with Gasteiger partial charge >= 0.3 is 0 Å². The van der Waals surface area contributed by atoms with Gasteiger partial charge in [-0.15, -0.1) is 0 Å². The maximum Gasteiger partial charge on any atom is 0.0688 e. The van der Waals surface area contributed by atoms with Crippen molar-refractivity contribution < 1.29 is 0 Å². The number of aromatic nitrogens is 4. The third kappa shape index (κ3) is 2.83. The monoisotopic (exact) mass is 394 g/mol. The molecule has 2 N–H and O–H groups in total. The highest BCUT2D eigenvalue weighted by Gasteiger charge is 2.12. The first-order chi connectivity index (χ1) is 14.5. The Morgan fingerprint density at radius 2 is 1.17 bits per heavy atom. The zero-order valence-corrected chi connectivity index (χ0v) is 18.1. The van der Waals surface area contributed by atoms with Gasteiger partial charge in [-0.05, 0) is 98.9 Å². The second-order valence-corrected chi connectivity index (χ2v) is 8.15. The zero-order chi connectivity index (χ0) is 21.0. The number of H-pyrrole nitrogens is 2. The highest BCUT2D eigenvalue weighted by atomic mass is 14.8. The lowest BCUT2D eigenvalue weighted by Gasteiger charge is -1.98. The molecular formula is C26H26N4. The molecule has 5 rings (SSSR count). The quantitative estimate of drug-likeness (QED) is 0.343. The molecule has 2 aliphatic heterocycles. The Bertz CT molecular complexity index is 1410. The minimum absolute atomic E-state index is 0.970. The Morgan fingerprint density at radius 1 is 0.633 bits per heavy atom. The van der Waals surface area contributed by atoms with Gasteiger partial charge in [0.2, 0.25) is 0 Å². The van der Waals surface area contributed by atoms with Crippen molar-refractivity contribution in [2.24, 2.45) is 0 Å². The molecule has 0 saturated heterocycles. The van der Waals surface area contributed by atoms with Gasteiger partial charge in [0.05, 0.1) is 22.8 Å². The Hall–Kier alpha value is -3.40. The standard InChI is InChI=1S/C26H26N4/c1-6-18-13-25-16(4)23-10-9-21(28-23)14(2)19-7-8-20(27-19)15(3)22-11-12-24(29-22)17(5)26(18)30-25/h7-13,28,30H,6H2,1-5H3. The van der Waals surface area contributed by atoms with Crippen LogP contribution >= 0.6 is 0 Å². The predicted molar refractivity (Wildman–Crippen MR) is 127 cm³/mol. The first-order valence-corrected chi connectivity index (χ1v) is 10.5. The number of hydrogen-bond donors (Lipinski definition) is 2. The molecule has 0 radical (unpaired) electrons. The van der Waals surface area contributed by atoms with Gasteiger partial charge in [-0.3, -0.25) is 0 Å². The molecule has 8 bridgehead atoms. The number of aryl methyl sites for hydroxylation is 4. The van der Waals surface area contributed by atoms with Crippen LogP contribution in [0.1, 0.15) is 57.5 Å². The lowest BCUT2D eigenvalue weighted by atomic mass is 10.1. The Kier molecular flexibility index (Phi) is 4.24.